The van der Waals surface area contributed by atoms with Crippen molar-refractivity contribution >= 4 is 10.9 Å². The highest BCUT2D eigenvalue weighted by Crippen LogP contribution is 2.30. The van der Waals surface area contributed by atoms with Crippen molar-refractivity contribution in [2.24, 2.45) is 7.05 Å². The fourth-order valence-electron chi connectivity index (χ4n) is 2.62. The van der Waals surface area contributed by atoms with Crippen molar-refractivity contribution in [3.63, 3.8) is 0 Å². The molecule has 0 aliphatic rings. The molecule has 2 aromatic carbocycles. The topological polar surface area (TPSA) is 34.4 Å². The van der Waals surface area contributed by atoms with Crippen LogP contribution in [-0.4, -0.2) is 16.8 Å². The molecule has 0 unspecified atom stereocenters. The highest BCUT2D eigenvalue weighted by molar-refractivity contribution is 5.89. The first-order chi connectivity index (χ1) is 9.69. The number of hydrogen-bond donors (Lipinski definition) is 1. The lowest BCUT2D eigenvalue weighted by Gasteiger charge is -2.04. The molecule has 0 saturated heterocycles. The van der Waals surface area contributed by atoms with Crippen molar-refractivity contribution in [3.05, 3.63) is 59.8 Å². The summed E-state index contributed by atoms with van der Waals surface area (Å²) in [4.78, 5) is 0. The lowest BCUT2D eigenvalue weighted by Crippen LogP contribution is -1.88. The smallest absolute Gasteiger partial charge is 0.125 e. The summed E-state index contributed by atoms with van der Waals surface area (Å²) in [5, 5.41) is 11.0. The Morgan fingerprint density at radius 3 is 2.55 bits per heavy atom. The number of fused-ring (bicyclic) bond motifs is 1. The van der Waals surface area contributed by atoms with Gasteiger partial charge in [-0.3, -0.25) is 0 Å². The summed E-state index contributed by atoms with van der Waals surface area (Å²) in [6.45, 7) is 0. The molecule has 0 bridgehead atoms. The van der Waals surface area contributed by atoms with Crippen LogP contribution in [-0.2, 0) is 13.5 Å². The summed E-state index contributed by atoms with van der Waals surface area (Å²) in [6.07, 6.45) is 2.87. The van der Waals surface area contributed by atoms with Gasteiger partial charge in [0, 0.05) is 18.6 Å². The summed E-state index contributed by atoms with van der Waals surface area (Å²) < 4.78 is 7.22. The third kappa shape index (κ3) is 2.11. The van der Waals surface area contributed by atoms with Crippen LogP contribution in [0.5, 0.6) is 11.5 Å². The number of rotatable bonds is 3. The van der Waals surface area contributed by atoms with E-state index < -0.39 is 0 Å². The average Bonchev–Trinajstić information content (AvgIpc) is 2.78. The van der Waals surface area contributed by atoms with Gasteiger partial charge in [0.25, 0.3) is 0 Å². The van der Waals surface area contributed by atoms with Crippen LogP contribution in [0.2, 0.25) is 0 Å². The number of ether oxygens (including phenoxy) is 1. The predicted octanol–water partition coefficient (Wildman–Crippen LogP) is 3.48. The second-order valence-electron chi connectivity index (χ2n) is 4.96. The Bertz CT molecular complexity index is 742. The van der Waals surface area contributed by atoms with Crippen LogP contribution in [0.1, 0.15) is 11.1 Å². The minimum Gasteiger partial charge on any atom is -0.507 e. The van der Waals surface area contributed by atoms with E-state index >= 15 is 0 Å². The Hall–Kier alpha value is -2.42. The number of aryl methyl sites for hydroxylation is 1. The zero-order valence-electron chi connectivity index (χ0n) is 11.6. The lowest BCUT2D eigenvalue weighted by molar-refractivity contribution is 0.414. The Balaban J connectivity index is 2.02. The first-order valence-electron chi connectivity index (χ1n) is 6.58. The van der Waals surface area contributed by atoms with Gasteiger partial charge in [0.2, 0.25) is 0 Å². The van der Waals surface area contributed by atoms with Gasteiger partial charge in [-0.05, 0) is 41.8 Å². The van der Waals surface area contributed by atoms with E-state index in [1.165, 1.54) is 5.56 Å². The summed E-state index contributed by atoms with van der Waals surface area (Å²) in [5.41, 5.74) is 3.38. The largest absolute Gasteiger partial charge is 0.507 e. The van der Waals surface area contributed by atoms with E-state index in [4.69, 9.17) is 4.74 Å². The minimum atomic E-state index is 0.339. The number of phenols is 1. The van der Waals surface area contributed by atoms with Crippen molar-refractivity contribution < 1.29 is 9.84 Å². The summed E-state index contributed by atoms with van der Waals surface area (Å²) in [7, 11) is 3.66. The SMILES string of the molecule is COc1ccc(Cc2cn(C)c3cccc(O)c23)cc1. The molecule has 0 radical (unpaired) electrons. The van der Waals surface area contributed by atoms with E-state index in [9.17, 15) is 5.11 Å². The normalized spacial score (nSPS) is 10.9. The lowest BCUT2D eigenvalue weighted by atomic mass is 10.0. The van der Waals surface area contributed by atoms with Crippen LogP contribution in [0.25, 0.3) is 10.9 Å². The first kappa shape index (κ1) is 12.6. The zero-order chi connectivity index (χ0) is 14.1. The molecule has 0 saturated carbocycles. The maximum Gasteiger partial charge on any atom is 0.125 e. The third-order valence-electron chi connectivity index (χ3n) is 3.62. The quantitative estimate of drug-likeness (QED) is 0.788. The van der Waals surface area contributed by atoms with E-state index in [0.717, 1.165) is 28.6 Å². The molecule has 0 aliphatic heterocycles. The maximum absolute atomic E-state index is 10.1. The summed E-state index contributed by atoms with van der Waals surface area (Å²) in [5.74, 6) is 1.20. The van der Waals surface area contributed by atoms with Crippen LogP contribution < -0.4 is 4.74 Å². The molecule has 0 atom stereocenters. The zero-order valence-corrected chi connectivity index (χ0v) is 11.6. The van der Waals surface area contributed by atoms with Crippen LogP contribution in [0.3, 0.4) is 0 Å². The Labute approximate surface area is 118 Å². The van der Waals surface area contributed by atoms with Crippen LogP contribution in [0.15, 0.2) is 48.7 Å². The standard InChI is InChI=1S/C17H17NO2/c1-18-11-13(17-15(18)4-3-5-16(17)19)10-12-6-8-14(20-2)9-7-12/h3-9,11,19H,10H2,1-2H3. The molecule has 102 valence electrons. The number of nitrogens with zero attached hydrogens (tertiary/aromatic N) is 1. The van der Waals surface area contributed by atoms with Gasteiger partial charge in [-0.15, -0.1) is 0 Å². The molecule has 3 rings (SSSR count). The maximum atomic E-state index is 10.1. The van der Waals surface area contributed by atoms with Gasteiger partial charge in [0.15, 0.2) is 0 Å². The van der Waals surface area contributed by atoms with Gasteiger partial charge < -0.3 is 14.4 Å². The van der Waals surface area contributed by atoms with Gasteiger partial charge in [0.05, 0.1) is 12.6 Å². The fourth-order valence-corrected chi connectivity index (χ4v) is 2.62. The molecule has 0 spiro atoms. The highest BCUT2D eigenvalue weighted by Gasteiger charge is 2.10. The number of phenolic OH excluding ortho intramolecular Hbond substituents is 1. The number of benzene rings is 2. The van der Waals surface area contributed by atoms with Crippen LogP contribution in [0.4, 0.5) is 0 Å². The van der Waals surface area contributed by atoms with Gasteiger partial charge >= 0.3 is 0 Å². The van der Waals surface area contributed by atoms with E-state index in [-0.39, 0.29) is 0 Å². The van der Waals surface area contributed by atoms with Crippen molar-refractivity contribution in [1.82, 2.24) is 4.57 Å². The van der Waals surface area contributed by atoms with Crippen molar-refractivity contribution in [2.75, 3.05) is 7.11 Å². The van der Waals surface area contributed by atoms with Crippen LogP contribution >= 0.6 is 0 Å². The second-order valence-corrected chi connectivity index (χ2v) is 4.96. The van der Waals surface area contributed by atoms with Crippen LogP contribution in [0, 0.1) is 0 Å². The molecular weight excluding hydrogens is 250 g/mol. The highest BCUT2D eigenvalue weighted by atomic mass is 16.5. The van der Waals surface area contributed by atoms with Gasteiger partial charge in [-0.2, -0.15) is 0 Å². The molecule has 3 heteroatoms. The van der Waals surface area contributed by atoms with Gasteiger partial charge in [-0.1, -0.05) is 18.2 Å². The first-order valence-corrected chi connectivity index (χ1v) is 6.58. The Morgan fingerprint density at radius 1 is 1.10 bits per heavy atom. The van der Waals surface area contributed by atoms with E-state index in [1.54, 1.807) is 13.2 Å². The Kier molecular flexibility index (Phi) is 3.11. The molecule has 20 heavy (non-hydrogen) atoms. The van der Waals surface area contributed by atoms with Crippen molar-refractivity contribution in [1.29, 1.82) is 0 Å². The molecule has 0 amide bonds. The average molecular weight is 267 g/mol. The summed E-state index contributed by atoms with van der Waals surface area (Å²) in [6, 6.07) is 13.7. The number of hydrogen-bond acceptors (Lipinski definition) is 2. The molecule has 1 heterocycles. The van der Waals surface area contributed by atoms with E-state index in [0.29, 0.717) is 5.75 Å². The van der Waals surface area contributed by atoms with E-state index in [2.05, 4.69) is 18.3 Å². The monoisotopic (exact) mass is 267 g/mol. The molecule has 3 aromatic rings. The second kappa shape index (κ2) is 4.93. The number of aromatic hydroxyl groups is 1. The fraction of sp³-hybridized carbons (Fsp3) is 0.176. The molecule has 1 N–H and O–H groups in total. The number of methoxy groups -OCH3 is 1. The number of aromatic nitrogens is 1. The van der Waals surface area contributed by atoms with Crippen molar-refractivity contribution in [3.8, 4) is 11.5 Å². The molecule has 3 nitrogen and oxygen atoms in total. The predicted molar refractivity (Wildman–Crippen MR) is 80.4 cm³/mol. The van der Waals surface area contributed by atoms with Gasteiger partial charge in [-0.25, -0.2) is 0 Å². The Morgan fingerprint density at radius 2 is 1.85 bits per heavy atom. The van der Waals surface area contributed by atoms with E-state index in [1.807, 2.05) is 35.9 Å². The molecule has 1 aromatic heterocycles. The summed E-state index contributed by atoms with van der Waals surface area (Å²) >= 11 is 0. The molecule has 0 aliphatic carbocycles. The molecular formula is C17H17NO2. The van der Waals surface area contributed by atoms with Crippen molar-refractivity contribution in [2.45, 2.75) is 6.42 Å². The minimum absolute atomic E-state index is 0.339. The molecule has 0 fully saturated rings. The third-order valence-corrected chi connectivity index (χ3v) is 3.62. The van der Waals surface area contributed by atoms with Gasteiger partial charge in [0.1, 0.15) is 11.5 Å².